The highest BCUT2D eigenvalue weighted by atomic mass is 32.2. The van der Waals surface area contributed by atoms with Crippen LogP contribution in [0.1, 0.15) is 5.56 Å². The van der Waals surface area contributed by atoms with Gasteiger partial charge in [0.1, 0.15) is 0 Å². The number of fused-ring (bicyclic) bond motifs is 1. The van der Waals surface area contributed by atoms with E-state index >= 15 is 0 Å². The van der Waals surface area contributed by atoms with Gasteiger partial charge in [0, 0.05) is 23.7 Å². The molecule has 74 valence electrons. The second-order valence-corrected chi connectivity index (χ2v) is 4.51. The number of hydrogen-bond acceptors (Lipinski definition) is 3. The Kier molecular flexibility index (Phi) is 2.68. The van der Waals surface area contributed by atoms with Crippen LogP contribution in [0.15, 0.2) is 41.6 Å². The minimum Gasteiger partial charge on any atom is -0.386 e. The normalized spacial score (nSPS) is 15.9. The smallest absolute Gasteiger partial charge is 0.0915 e. The molecule has 0 aliphatic carbocycles. The number of hydrogen-bond donors (Lipinski definition) is 1. The second-order valence-electron chi connectivity index (χ2n) is 3.37. The summed E-state index contributed by atoms with van der Waals surface area (Å²) < 4.78 is 0. The minimum atomic E-state index is 0.669. The predicted molar refractivity (Wildman–Crippen MR) is 60.9 cm³/mol. The summed E-state index contributed by atoms with van der Waals surface area (Å²) in [5.74, 6) is 1.75. The van der Waals surface area contributed by atoms with Gasteiger partial charge in [0.2, 0.25) is 0 Å². The third-order valence-electron chi connectivity index (χ3n) is 2.36. The van der Waals surface area contributed by atoms with Gasteiger partial charge in [0.25, 0.3) is 0 Å². The molecule has 0 saturated carbocycles. The fourth-order valence-electron chi connectivity index (χ4n) is 1.57. The Morgan fingerprint density at radius 1 is 1.43 bits per heavy atom. The maximum atomic E-state index is 5.72. The van der Waals surface area contributed by atoms with Crippen molar-refractivity contribution in [3.63, 3.8) is 0 Å². The molecule has 3 heteroatoms. The summed E-state index contributed by atoms with van der Waals surface area (Å²) in [6.07, 6.45) is 0. The maximum absolute atomic E-state index is 5.72. The molecule has 1 aliphatic heterocycles. The zero-order chi connectivity index (χ0) is 9.97. The van der Waals surface area contributed by atoms with Crippen LogP contribution in [0, 0.1) is 0 Å². The van der Waals surface area contributed by atoms with Gasteiger partial charge in [0.05, 0.1) is 5.82 Å². The molecule has 0 atom stereocenters. The largest absolute Gasteiger partial charge is 0.386 e. The number of nitrogens with zero attached hydrogens (tertiary/aromatic N) is 1. The van der Waals surface area contributed by atoms with Crippen molar-refractivity contribution in [1.29, 1.82) is 0 Å². The van der Waals surface area contributed by atoms with Crippen LogP contribution in [-0.4, -0.2) is 17.2 Å². The summed E-state index contributed by atoms with van der Waals surface area (Å²) in [5.41, 5.74) is 7.06. The van der Waals surface area contributed by atoms with Gasteiger partial charge < -0.3 is 10.6 Å². The molecule has 2 N–H and O–H groups in total. The van der Waals surface area contributed by atoms with Gasteiger partial charge in [-0.2, -0.15) is 0 Å². The lowest BCUT2D eigenvalue weighted by molar-refractivity contribution is 0.356. The van der Waals surface area contributed by atoms with E-state index < -0.39 is 0 Å². The second kappa shape index (κ2) is 3.96. The van der Waals surface area contributed by atoms with Crippen molar-refractivity contribution in [3.05, 3.63) is 42.2 Å². The van der Waals surface area contributed by atoms with E-state index in [1.807, 2.05) is 11.8 Å². The molecule has 14 heavy (non-hydrogen) atoms. The summed E-state index contributed by atoms with van der Waals surface area (Å²) in [6.45, 7) is 5.66. The summed E-state index contributed by atoms with van der Waals surface area (Å²) in [4.78, 5) is 3.50. The molecule has 0 spiro atoms. The monoisotopic (exact) mass is 206 g/mol. The van der Waals surface area contributed by atoms with Gasteiger partial charge in [-0.1, -0.05) is 24.8 Å². The van der Waals surface area contributed by atoms with Gasteiger partial charge in [-0.05, 0) is 11.6 Å². The highest BCUT2D eigenvalue weighted by molar-refractivity contribution is 7.99. The first-order valence-electron chi connectivity index (χ1n) is 4.67. The first kappa shape index (κ1) is 9.46. The lowest BCUT2D eigenvalue weighted by Gasteiger charge is -2.21. The fourth-order valence-corrected chi connectivity index (χ4v) is 2.60. The van der Waals surface area contributed by atoms with Crippen LogP contribution in [0.5, 0.6) is 0 Å². The SMILES string of the molecule is C=C(N)N1CCSc2ccccc2C1. The summed E-state index contributed by atoms with van der Waals surface area (Å²) >= 11 is 1.89. The van der Waals surface area contributed by atoms with Crippen LogP contribution >= 0.6 is 11.8 Å². The Morgan fingerprint density at radius 2 is 2.21 bits per heavy atom. The molecule has 2 nitrogen and oxygen atoms in total. The highest BCUT2D eigenvalue weighted by Crippen LogP contribution is 2.27. The van der Waals surface area contributed by atoms with Crippen LogP contribution in [0.25, 0.3) is 0 Å². The molecular weight excluding hydrogens is 192 g/mol. The predicted octanol–water partition coefficient (Wildman–Crippen LogP) is 2.02. The van der Waals surface area contributed by atoms with E-state index in [1.165, 1.54) is 10.5 Å². The Balaban J connectivity index is 2.26. The minimum absolute atomic E-state index is 0.669. The average molecular weight is 206 g/mol. The molecular formula is C11H14N2S. The van der Waals surface area contributed by atoms with Crippen molar-refractivity contribution in [1.82, 2.24) is 4.90 Å². The molecule has 1 aromatic carbocycles. The van der Waals surface area contributed by atoms with Crippen molar-refractivity contribution in [2.45, 2.75) is 11.4 Å². The Hall–Kier alpha value is -1.09. The topological polar surface area (TPSA) is 29.3 Å². The molecule has 0 bridgehead atoms. The Morgan fingerprint density at radius 3 is 3.00 bits per heavy atom. The highest BCUT2D eigenvalue weighted by Gasteiger charge is 2.13. The molecule has 0 fully saturated rings. The van der Waals surface area contributed by atoms with E-state index in [4.69, 9.17) is 5.73 Å². The van der Waals surface area contributed by atoms with Crippen molar-refractivity contribution in [2.24, 2.45) is 5.73 Å². The summed E-state index contributed by atoms with van der Waals surface area (Å²) in [6, 6.07) is 8.48. The molecule has 1 aliphatic rings. The van der Waals surface area contributed by atoms with E-state index in [0.29, 0.717) is 5.82 Å². The Bertz CT molecular complexity index is 349. The Labute approximate surface area is 88.8 Å². The molecule has 1 aromatic rings. The lowest BCUT2D eigenvalue weighted by atomic mass is 10.2. The third kappa shape index (κ3) is 1.87. The molecule has 0 amide bonds. The zero-order valence-electron chi connectivity index (χ0n) is 8.07. The van der Waals surface area contributed by atoms with Crippen LogP contribution in [-0.2, 0) is 6.54 Å². The van der Waals surface area contributed by atoms with Crippen molar-refractivity contribution >= 4 is 11.8 Å². The van der Waals surface area contributed by atoms with Gasteiger partial charge in [-0.3, -0.25) is 0 Å². The first-order chi connectivity index (χ1) is 6.77. The van der Waals surface area contributed by atoms with Gasteiger partial charge in [-0.25, -0.2) is 0 Å². The van der Waals surface area contributed by atoms with E-state index in [2.05, 4.69) is 35.7 Å². The number of rotatable bonds is 1. The molecule has 2 rings (SSSR count). The molecule has 0 unspecified atom stereocenters. The lowest BCUT2D eigenvalue weighted by Crippen LogP contribution is -2.27. The number of thioether (sulfide) groups is 1. The van der Waals surface area contributed by atoms with Crippen molar-refractivity contribution < 1.29 is 0 Å². The fraction of sp³-hybridized carbons (Fsp3) is 0.273. The average Bonchev–Trinajstić information content (AvgIpc) is 2.39. The number of benzene rings is 1. The maximum Gasteiger partial charge on any atom is 0.0915 e. The molecule has 0 radical (unpaired) electrons. The van der Waals surface area contributed by atoms with E-state index in [9.17, 15) is 0 Å². The first-order valence-corrected chi connectivity index (χ1v) is 5.66. The zero-order valence-corrected chi connectivity index (χ0v) is 8.89. The van der Waals surface area contributed by atoms with Crippen molar-refractivity contribution in [2.75, 3.05) is 12.3 Å². The van der Waals surface area contributed by atoms with Crippen LogP contribution < -0.4 is 5.73 Å². The quantitative estimate of drug-likeness (QED) is 0.762. The number of nitrogens with two attached hydrogens (primary N) is 1. The van der Waals surface area contributed by atoms with Crippen molar-refractivity contribution in [3.8, 4) is 0 Å². The molecule has 1 heterocycles. The molecule has 0 aromatic heterocycles. The third-order valence-corrected chi connectivity index (χ3v) is 3.45. The van der Waals surface area contributed by atoms with Crippen LogP contribution in [0.3, 0.4) is 0 Å². The summed E-state index contributed by atoms with van der Waals surface area (Å²) in [7, 11) is 0. The van der Waals surface area contributed by atoms with E-state index in [0.717, 1.165) is 18.8 Å². The van der Waals surface area contributed by atoms with Crippen LogP contribution in [0.2, 0.25) is 0 Å². The van der Waals surface area contributed by atoms with E-state index in [1.54, 1.807) is 0 Å². The molecule has 0 saturated heterocycles. The van der Waals surface area contributed by atoms with Gasteiger partial charge in [-0.15, -0.1) is 11.8 Å². The van der Waals surface area contributed by atoms with E-state index in [-0.39, 0.29) is 0 Å². The standard InChI is InChI=1S/C11H14N2S/c1-9(12)13-6-7-14-11-5-3-2-4-10(11)8-13/h2-5H,1,6-8,12H2. The van der Waals surface area contributed by atoms with Crippen LogP contribution in [0.4, 0.5) is 0 Å². The van der Waals surface area contributed by atoms with Gasteiger partial charge >= 0.3 is 0 Å². The van der Waals surface area contributed by atoms with Gasteiger partial charge in [0.15, 0.2) is 0 Å². The summed E-state index contributed by atoms with van der Waals surface area (Å²) in [5, 5.41) is 0.